The molecule has 1 heterocycles. The molecule has 1 unspecified atom stereocenters. The van der Waals surface area contributed by atoms with Gasteiger partial charge in [-0.15, -0.1) is 0 Å². The molecule has 2 N–H and O–H groups in total. The van der Waals surface area contributed by atoms with E-state index in [4.69, 9.17) is 10.5 Å². The number of aromatic nitrogens is 3. The first kappa shape index (κ1) is 13.4. The van der Waals surface area contributed by atoms with Crippen molar-refractivity contribution >= 4 is 5.95 Å². The summed E-state index contributed by atoms with van der Waals surface area (Å²) >= 11 is 0. The van der Waals surface area contributed by atoms with Crippen molar-refractivity contribution < 1.29 is 4.74 Å². The Kier molecular flexibility index (Phi) is 4.06. The predicted octanol–water partition coefficient (Wildman–Crippen LogP) is 2.46. The molecule has 0 saturated carbocycles. The summed E-state index contributed by atoms with van der Waals surface area (Å²) in [7, 11) is 1.65. The fourth-order valence-corrected chi connectivity index (χ4v) is 1.93. The molecule has 100 valence electrons. The quantitative estimate of drug-likeness (QED) is 0.911. The van der Waals surface area contributed by atoms with Crippen LogP contribution in [0.1, 0.15) is 25.8 Å². The van der Waals surface area contributed by atoms with E-state index in [0.29, 0.717) is 11.6 Å². The zero-order valence-corrected chi connectivity index (χ0v) is 11.4. The van der Waals surface area contributed by atoms with Gasteiger partial charge < -0.3 is 10.5 Å². The summed E-state index contributed by atoms with van der Waals surface area (Å²) in [6.07, 6.45) is -0.187. The number of nitrogens with zero attached hydrogens (tertiary/aromatic N) is 3. The van der Waals surface area contributed by atoms with Crippen molar-refractivity contribution in [2.75, 3.05) is 12.8 Å². The topological polar surface area (TPSA) is 73.9 Å². The van der Waals surface area contributed by atoms with Gasteiger partial charge in [0, 0.05) is 12.7 Å². The van der Waals surface area contributed by atoms with Gasteiger partial charge in [0.05, 0.1) is 0 Å². The van der Waals surface area contributed by atoms with Crippen LogP contribution in [0, 0.1) is 5.92 Å². The summed E-state index contributed by atoms with van der Waals surface area (Å²) in [4.78, 5) is 12.8. The number of benzene rings is 1. The monoisotopic (exact) mass is 258 g/mol. The molecule has 0 radical (unpaired) electrons. The molecule has 5 nitrogen and oxygen atoms in total. The molecule has 0 saturated heterocycles. The molecule has 0 amide bonds. The van der Waals surface area contributed by atoms with Gasteiger partial charge in [-0.05, 0) is 5.92 Å². The average molecular weight is 258 g/mol. The second-order valence-electron chi connectivity index (χ2n) is 4.64. The van der Waals surface area contributed by atoms with Gasteiger partial charge in [0.15, 0.2) is 11.6 Å². The molecule has 1 atom stereocenters. The van der Waals surface area contributed by atoms with Gasteiger partial charge in [0.25, 0.3) is 0 Å². The minimum Gasteiger partial charge on any atom is -0.373 e. The van der Waals surface area contributed by atoms with Crippen molar-refractivity contribution in [1.82, 2.24) is 15.0 Å². The first-order valence-corrected chi connectivity index (χ1v) is 6.21. The van der Waals surface area contributed by atoms with E-state index in [9.17, 15) is 0 Å². The lowest BCUT2D eigenvalue weighted by Gasteiger charge is -2.18. The van der Waals surface area contributed by atoms with E-state index < -0.39 is 0 Å². The second kappa shape index (κ2) is 5.75. The van der Waals surface area contributed by atoms with Gasteiger partial charge in [0.1, 0.15) is 6.10 Å². The number of hydrogen-bond acceptors (Lipinski definition) is 5. The van der Waals surface area contributed by atoms with Crippen molar-refractivity contribution in [3.63, 3.8) is 0 Å². The summed E-state index contributed by atoms with van der Waals surface area (Å²) in [6.45, 7) is 4.10. The van der Waals surface area contributed by atoms with Crippen molar-refractivity contribution in [3.8, 4) is 11.4 Å². The zero-order chi connectivity index (χ0) is 13.8. The molecular weight excluding hydrogens is 240 g/mol. The lowest BCUT2D eigenvalue weighted by Crippen LogP contribution is -2.15. The molecule has 0 bridgehead atoms. The van der Waals surface area contributed by atoms with Gasteiger partial charge in [-0.2, -0.15) is 9.97 Å². The van der Waals surface area contributed by atoms with E-state index in [2.05, 4.69) is 28.8 Å². The van der Waals surface area contributed by atoms with E-state index in [1.54, 1.807) is 7.11 Å². The normalized spacial score (nSPS) is 12.6. The van der Waals surface area contributed by atoms with Crippen LogP contribution in [0.4, 0.5) is 5.95 Å². The molecule has 2 rings (SSSR count). The van der Waals surface area contributed by atoms with Gasteiger partial charge >= 0.3 is 0 Å². The third-order valence-corrected chi connectivity index (χ3v) is 2.82. The number of anilines is 1. The first-order chi connectivity index (χ1) is 9.11. The summed E-state index contributed by atoms with van der Waals surface area (Å²) in [6, 6.07) is 9.70. The Balaban J connectivity index is 2.45. The Morgan fingerprint density at radius 1 is 1.05 bits per heavy atom. The van der Waals surface area contributed by atoms with E-state index in [1.807, 2.05) is 30.3 Å². The highest BCUT2D eigenvalue weighted by molar-refractivity contribution is 5.55. The van der Waals surface area contributed by atoms with Crippen molar-refractivity contribution in [1.29, 1.82) is 0 Å². The summed E-state index contributed by atoms with van der Waals surface area (Å²) < 4.78 is 5.44. The van der Waals surface area contributed by atoms with Crippen LogP contribution in [0.3, 0.4) is 0 Å². The third-order valence-electron chi connectivity index (χ3n) is 2.82. The minimum atomic E-state index is -0.187. The number of ether oxygens (including phenoxy) is 1. The van der Waals surface area contributed by atoms with Crippen molar-refractivity contribution in [2.24, 2.45) is 5.92 Å². The van der Waals surface area contributed by atoms with Crippen LogP contribution in [-0.2, 0) is 4.74 Å². The van der Waals surface area contributed by atoms with Crippen LogP contribution >= 0.6 is 0 Å². The minimum absolute atomic E-state index is 0.187. The van der Waals surface area contributed by atoms with E-state index in [0.717, 1.165) is 5.56 Å². The molecule has 0 aliphatic rings. The molecule has 19 heavy (non-hydrogen) atoms. The van der Waals surface area contributed by atoms with E-state index >= 15 is 0 Å². The summed E-state index contributed by atoms with van der Waals surface area (Å²) in [5.74, 6) is 1.62. The molecule has 0 aliphatic heterocycles. The smallest absolute Gasteiger partial charge is 0.223 e. The Bertz CT molecular complexity index is 542. The highest BCUT2D eigenvalue weighted by atomic mass is 16.5. The summed E-state index contributed by atoms with van der Waals surface area (Å²) in [5, 5.41) is 0. The second-order valence-corrected chi connectivity index (χ2v) is 4.64. The van der Waals surface area contributed by atoms with Crippen LogP contribution in [-0.4, -0.2) is 22.1 Å². The molecule has 0 fully saturated rings. The number of nitrogens with two attached hydrogens (primary N) is 1. The fourth-order valence-electron chi connectivity index (χ4n) is 1.93. The maximum Gasteiger partial charge on any atom is 0.223 e. The Morgan fingerprint density at radius 2 is 1.74 bits per heavy atom. The Hall–Kier alpha value is -2.01. The largest absolute Gasteiger partial charge is 0.373 e. The summed E-state index contributed by atoms with van der Waals surface area (Å²) in [5.41, 5.74) is 6.69. The molecule has 1 aromatic carbocycles. The molecule has 0 aliphatic carbocycles. The van der Waals surface area contributed by atoms with Gasteiger partial charge in [-0.1, -0.05) is 44.2 Å². The maximum atomic E-state index is 5.77. The third kappa shape index (κ3) is 3.06. The predicted molar refractivity (Wildman–Crippen MR) is 74.3 cm³/mol. The number of nitrogen functional groups attached to an aromatic ring is 1. The van der Waals surface area contributed by atoms with Crippen molar-refractivity contribution in [2.45, 2.75) is 20.0 Å². The molecule has 5 heteroatoms. The van der Waals surface area contributed by atoms with Gasteiger partial charge in [-0.3, -0.25) is 0 Å². The molecule has 0 spiro atoms. The van der Waals surface area contributed by atoms with Crippen LogP contribution in [0.25, 0.3) is 11.4 Å². The van der Waals surface area contributed by atoms with Crippen LogP contribution < -0.4 is 5.73 Å². The van der Waals surface area contributed by atoms with E-state index in [1.165, 1.54) is 0 Å². The molecule has 1 aromatic heterocycles. The van der Waals surface area contributed by atoms with Crippen molar-refractivity contribution in [3.05, 3.63) is 36.2 Å². The van der Waals surface area contributed by atoms with Crippen LogP contribution in [0.2, 0.25) is 0 Å². The Morgan fingerprint density at radius 3 is 2.32 bits per heavy atom. The van der Waals surface area contributed by atoms with Gasteiger partial charge in [-0.25, -0.2) is 4.98 Å². The number of hydrogen-bond donors (Lipinski definition) is 1. The lowest BCUT2D eigenvalue weighted by atomic mass is 10.1. The van der Waals surface area contributed by atoms with Crippen LogP contribution in [0.5, 0.6) is 0 Å². The highest BCUT2D eigenvalue weighted by Crippen LogP contribution is 2.24. The zero-order valence-electron chi connectivity index (χ0n) is 11.4. The standard InChI is InChI=1S/C14H18N4O/c1-9(2)11(19-3)13-16-12(17-14(15)18-13)10-7-5-4-6-8-10/h4-9,11H,1-3H3,(H2,15,16,17,18). The number of rotatable bonds is 4. The first-order valence-electron chi connectivity index (χ1n) is 6.21. The van der Waals surface area contributed by atoms with E-state index in [-0.39, 0.29) is 18.0 Å². The highest BCUT2D eigenvalue weighted by Gasteiger charge is 2.20. The maximum absolute atomic E-state index is 5.77. The fraction of sp³-hybridized carbons (Fsp3) is 0.357. The number of methoxy groups -OCH3 is 1. The average Bonchev–Trinajstić information content (AvgIpc) is 2.39. The van der Waals surface area contributed by atoms with Crippen LogP contribution in [0.15, 0.2) is 30.3 Å². The lowest BCUT2D eigenvalue weighted by molar-refractivity contribution is 0.0575. The molecular formula is C14H18N4O. The Labute approximate surface area is 112 Å². The van der Waals surface area contributed by atoms with Gasteiger partial charge in [0.2, 0.25) is 5.95 Å². The SMILES string of the molecule is COC(c1nc(N)nc(-c2ccccc2)n1)C(C)C. The molecule has 2 aromatic rings.